The Labute approximate surface area is 115 Å². The summed E-state index contributed by atoms with van der Waals surface area (Å²) >= 11 is 0. The minimum atomic E-state index is -0.177. The standard InChI is InChI=1S/C15H23NO3/c1-3-4-10-14(15(17)18-2)11-16-19-12-13-8-6-5-7-9-13/h5-9,14,16H,3-4,10-12H2,1-2H3/t14-/m0/s1. The number of ether oxygens (including phenoxy) is 1. The van der Waals surface area contributed by atoms with Gasteiger partial charge in [-0.25, -0.2) is 5.48 Å². The Morgan fingerprint density at radius 1 is 1.32 bits per heavy atom. The van der Waals surface area contributed by atoms with Crippen molar-refractivity contribution >= 4 is 5.97 Å². The number of esters is 1. The molecule has 1 rings (SSSR count). The second-order valence-corrected chi connectivity index (χ2v) is 4.49. The SMILES string of the molecule is CCCC[C@@H](CNOCc1ccccc1)C(=O)OC. The Kier molecular flexibility index (Phi) is 7.86. The van der Waals surface area contributed by atoms with Gasteiger partial charge in [0.25, 0.3) is 0 Å². The van der Waals surface area contributed by atoms with Crippen LogP contribution in [0.2, 0.25) is 0 Å². The lowest BCUT2D eigenvalue weighted by Crippen LogP contribution is -2.29. The topological polar surface area (TPSA) is 47.6 Å². The Balaban J connectivity index is 2.25. The predicted molar refractivity (Wildman–Crippen MR) is 74.3 cm³/mol. The molecule has 0 saturated carbocycles. The van der Waals surface area contributed by atoms with Gasteiger partial charge in [-0.3, -0.25) is 9.63 Å². The predicted octanol–water partition coefficient (Wildman–Crippen LogP) is 2.69. The molecular weight excluding hydrogens is 242 g/mol. The Hall–Kier alpha value is -1.39. The molecule has 1 aromatic carbocycles. The first-order valence-corrected chi connectivity index (χ1v) is 6.74. The Morgan fingerprint density at radius 2 is 2.05 bits per heavy atom. The van der Waals surface area contributed by atoms with Crippen LogP contribution >= 0.6 is 0 Å². The van der Waals surface area contributed by atoms with E-state index in [9.17, 15) is 4.79 Å². The smallest absolute Gasteiger partial charge is 0.310 e. The van der Waals surface area contributed by atoms with Crippen LogP contribution in [-0.2, 0) is 21.0 Å². The zero-order valence-corrected chi connectivity index (χ0v) is 11.7. The fourth-order valence-corrected chi connectivity index (χ4v) is 1.79. The van der Waals surface area contributed by atoms with E-state index in [0.717, 1.165) is 24.8 Å². The Morgan fingerprint density at radius 3 is 2.68 bits per heavy atom. The third-order valence-corrected chi connectivity index (χ3v) is 2.95. The molecule has 0 saturated heterocycles. The number of rotatable bonds is 9. The maximum Gasteiger partial charge on any atom is 0.310 e. The van der Waals surface area contributed by atoms with Crippen molar-refractivity contribution in [2.24, 2.45) is 5.92 Å². The highest BCUT2D eigenvalue weighted by Gasteiger charge is 2.18. The fourth-order valence-electron chi connectivity index (χ4n) is 1.79. The van der Waals surface area contributed by atoms with E-state index in [1.54, 1.807) is 0 Å². The molecule has 4 heteroatoms. The van der Waals surface area contributed by atoms with Crippen molar-refractivity contribution in [3.05, 3.63) is 35.9 Å². The minimum Gasteiger partial charge on any atom is -0.469 e. The second-order valence-electron chi connectivity index (χ2n) is 4.49. The molecule has 0 aliphatic carbocycles. The molecule has 0 heterocycles. The van der Waals surface area contributed by atoms with Gasteiger partial charge in [0, 0.05) is 6.54 Å². The first kappa shape index (κ1) is 15.7. The van der Waals surface area contributed by atoms with Gasteiger partial charge >= 0.3 is 5.97 Å². The first-order chi connectivity index (χ1) is 9.27. The minimum absolute atomic E-state index is 0.138. The number of nitrogens with one attached hydrogen (secondary N) is 1. The van der Waals surface area contributed by atoms with E-state index in [2.05, 4.69) is 12.4 Å². The monoisotopic (exact) mass is 265 g/mol. The Bertz CT molecular complexity index is 354. The summed E-state index contributed by atoms with van der Waals surface area (Å²) in [6.07, 6.45) is 2.91. The third kappa shape index (κ3) is 6.36. The number of unbranched alkanes of at least 4 members (excludes halogenated alkanes) is 1. The summed E-state index contributed by atoms with van der Waals surface area (Å²) in [7, 11) is 1.42. The molecule has 0 bridgehead atoms. The molecule has 0 unspecified atom stereocenters. The van der Waals surface area contributed by atoms with E-state index < -0.39 is 0 Å². The van der Waals surface area contributed by atoms with Crippen molar-refractivity contribution in [1.82, 2.24) is 5.48 Å². The summed E-state index contributed by atoms with van der Waals surface area (Å²) in [4.78, 5) is 16.9. The summed E-state index contributed by atoms with van der Waals surface area (Å²) in [6.45, 7) is 3.08. The molecule has 106 valence electrons. The van der Waals surface area contributed by atoms with E-state index in [0.29, 0.717) is 13.2 Å². The number of hydroxylamine groups is 1. The molecule has 0 aliphatic heterocycles. The number of carbonyl (C=O) groups is 1. The molecular formula is C15H23NO3. The van der Waals surface area contributed by atoms with Crippen molar-refractivity contribution in [3.63, 3.8) is 0 Å². The van der Waals surface area contributed by atoms with E-state index in [-0.39, 0.29) is 11.9 Å². The van der Waals surface area contributed by atoms with Gasteiger partial charge in [0.1, 0.15) is 0 Å². The third-order valence-electron chi connectivity index (χ3n) is 2.95. The van der Waals surface area contributed by atoms with Crippen molar-refractivity contribution in [2.45, 2.75) is 32.8 Å². The van der Waals surface area contributed by atoms with Crippen LogP contribution in [0, 0.1) is 5.92 Å². The normalized spacial score (nSPS) is 12.1. The lowest BCUT2D eigenvalue weighted by molar-refractivity contribution is -0.146. The molecule has 1 atom stereocenters. The van der Waals surface area contributed by atoms with Gasteiger partial charge in [0.15, 0.2) is 0 Å². The van der Waals surface area contributed by atoms with Crippen LogP contribution < -0.4 is 5.48 Å². The highest BCUT2D eigenvalue weighted by atomic mass is 16.6. The molecule has 1 aromatic rings. The van der Waals surface area contributed by atoms with E-state index >= 15 is 0 Å². The van der Waals surface area contributed by atoms with Crippen LogP contribution in [-0.4, -0.2) is 19.6 Å². The van der Waals surface area contributed by atoms with Crippen LogP contribution in [0.1, 0.15) is 31.7 Å². The van der Waals surface area contributed by atoms with Gasteiger partial charge in [-0.15, -0.1) is 0 Å². The van der Waals surface area contributed by atoms with Gasteiger partial charge in [-0.2, -0.15) is 0 Å². The lowest BCUT2D eigenvalue weighted by Gasteiger charge is -2.14. The summed E-state index contributed by atoms with van der Waals surface area (Å²) < 4.78 is 4.79. The first-order valence-electron chi connectivity index (χ1n) is 6.74. The highest BCUT2D eigenvalue weighted by Crippen LogP contribution is 2.09. The molecule has 0 fully saturated rings. The number of benzene rings is 1. The van der Waals surface area contributed by atoms with Crippen molar-refractivity contribution in [2.75, 3.05) is 13.7 Å². The zero-order chi connectivity index (χ0) is 13.9. The number of hydrogen-bond donors (Lipinski definition) is 1. The van der Waals surface area contributed by atoms with Crippen LogP contribution in [0.3, 0.4) is 0 Å². The largest absolute Gasteiger partial charge is 0.469 e. The molecule has 0 aliphatic rings. The number of hydrogen-bond acceptors (Lipinski definition) is 4. The van der Waals surface area contributed by atoms with Crippen molar-refractivity contribution < 1.29 is 14.4 Å². The molecule has 1 N–H and O–H groups in total. The van der Waals surface area contributed by atoms with Crippen LogP contribution in [0.4, 0.5) is 0 Å². The number of methoxy groups -OCH3 is 1. The van der Waals surface area contributed by atoms with E-state index in [1.165, 1.54) is 7.11 Å². The quantitative estimate of drug-likeness (QED) is 0.423. The fraction of sp³-hybridized carbons (Fsp3) is 0.533. The van der Waals surface area contributed by atoms with Crippen LogP contribution in [0.5, 0.6) is 0 Å². The molecule has 19 heavy (non-hydrogen) atoms. The summed E-state index contributed by atoms with van der Waals surface area (Å²) in [5.41, 5.74) is 3.95. The summed E-state index contributed by atoms with van der Waals surface area (Å²) in [5, 5.41) is 0. The van der Waals surface area contributed by atoms with Gasteiger partial charge in [0.05, 0.1) is 19.6 Å². The maximum absolute atomic E-state index is 11.6. The molecule has 0 amide bonds. The summed E-state index contributed by atoms with van der Waals surface area (Å²) in [6, 6.07) is 9.90. The average molecular weight is 265 g/mol. The van der Waals surface area contributed by atoms with Crippen molar-refractivity contribution in [3.8, 4) is 0 Å². The molecule has 0 aromatic heterocycles. The van der Waals surface area contributed by atoms with E-state index in [1.807, 2.05) is 30.3 Å². The molecule has 0 radical (unpaired) electrons. The summed E-state index contributed by atoms with van der Waals surface area (Å²) in [5.74, 6) is -0.315. The van der Waals surface area contributed by atoms with Gasteiger partial charge in [-0.1, -0.05) is 50.1 Å². The van der Waals surface area contributed by atoms with Gasteiger partial charge in [0.2, 0.25) is 0 Å². The second kappa shape index (κ2) is 9.53. The molecule has 4 nitrogen and oxygen atoms in total. The zero-order valence-electron chi connectivity index (χ0n) is 11.7. The van der Waals surface area contributed by atoms with E-state index in [4.69, 9.17) is 9.57 Å². The number of carbonyl (C=O) groups excluding carboxylic acids is 1. The molecule has 0 spiro atoms. The van der Waals surface area contributed by atoms with Crippen LogP contribution in [0.15, 0.2) is 30.3 Å². The van der Waals surface area contributed by atoms with Crippen molar-refractivity contribution in [1.29, 1.82) is 0 Å². The maximum atomic E-state index is 11.6. The van der Waals surface area contributed by atoms with Crippen LogP contribution in [0.25, 0.3) is 0 Å². The van der Waals surface area contributed by atoms with Gasteiger partial charge in [-0.05, 0) is 12.0 Å². The highest BCUT2D eigenvalue weighted by molar-refractivity contribution is 5.72. The lowest BCUT2D eigenvalue weighted by atomic mass is 10.0. The van der Waals surface area contributed by atoms with Gasteiger partial charge < -0.3 is 4.74 Å². The average Bonchev–Trinajstić information content (AvgIpc) is 2.47.